The summed E-state index contributed by atoms with van der Waals surface area (Å²) in [6.07, 6.45) is 8.52. The van der Waals surface area contributed by atoms with Crippen LogP contribution in [0, 0.1) is 0 Å². The molecule has 0 heterocycles. The highest BCUT2D eigenvalue weighted by Crippen LogP contribution is 2.31. The fourth-order valence-electron chi connectivity index (χ4n) is 2.94. The van der Waals surface area contributed by atoms with Crippen molar-refractivity contribution in [3.8, 4) is 11.5 Å². The second kappa shape index (κ2) is 8.08. The minimum Gasteiger partial charge on any atom is -0.493 e. The van der Waals surface area contributed by atoms with Crippen LogP contribution in [0.4, 0.5) is 0 Å². The molecule has 1 aliphatic rings. The van der Waals surface area contributed by atoms with Crippen molar-refractivity contribution in [2.45, 2.75) is 45.1 Å². The summed E-state index contributed by atoms with van der Waals surface area (Å²) in [4.78, 5) is 0. The number of nitrogens with one attached hydrogen (secondary N) is 1. The van der Waals surface area contributed by atoms with Crippen LogP contribution in [-0.2, 0) is 0 Å². The average molecular weight is 289 g/mol. The monoisotopic (exact) mass is 289 g/mol. The standard InChI is InChI=1S/C18H27NO2/c1-4-16(19-12-11-14-7-5-6-8-14)15-9-10-17(20-2)18(13-15)21-3/h7,9-10,13,16,19H,4-6,8,11-12H2,1-3H3. The molecule has 0 fully saturated rings. The Morgan fingerprint density at radius 3 is 2.62 bits per heavy atom. The highest BCUT2D eigenvalue weighted by Gasteiger charge is 2.13. The Morgan fingerprint density at radius 2 is 2.00 bits per heavy atom. The van der Waals surface area contributed by atoms with Crippen LogP contribution in [0.25, 0.3) is 0 Å². The second-order valence-electron chi connectivity index (χ2n) is 5.53. The highest BCUT2D eigenvalue weighted by atomic mass is 16.5. The van der Waals surface area contributed by atoms with E-state index in [2.05, 4.69) is 30.4 Å². The summed E-state index contributed by atoms with van der Waals surface area (Å²) in [5.41, 5.74) is 2.88. The van der Waals surface area contributed by atoms with E-state index < -0.39 is 0 Å². The number of hydrogen-bond donors (Lipinski definition) is 1. The van der Waals surface area contributed by atoms with Gasteiger partial charge in [-0.2, -0.15) is 0 Å². The van der Waals surface area contributed by atoms with Crippen LogP contribution in [-0.4, -0.2) is 20.8 Å². The van der Waals surface area contributed by atoms with Gasteiger partial charge in [-0.05, 0) is 56.3 Å². The van der Waals surface area contributed by atoms with Gasteiger partial charge < -0.3 is 14.8 Å². The molecular weight excluding hydrogens is 262 g/mol. The summed E-state index contributed by atoms with van der Waals surface area (Å²) in [6.45, 7) is 3.25. The van der Waals surface area contributed by atoms with Gasteiger partial charge in [0.05, 0.1) is 14.2 Å². The zero-order chi connectivity index (χ0) is 15.1. The van der Waals surface area contributed by atoms with Gasteiger partial charge in [0.25, 0.3) is 0 Å². The maximum atomic E-state index is 5.40. The summed E-state index contributed by atoms with van der Waals surface area (Å²) in [5.74, 6) is 1.58. The molecule has 0 radical (unpaired) electrons. The molecule has 0 amide bonds. The summed E-state index contributed by atoms with van der Waals surface area (Å²) in [6, 6.07) is 6.55. The van der Waals surface area contributed by atoms with Crippen molar-refractivity contribution in [3.63, 3.8) is 0 Å². The van der Waals surface area contributed by atoms with Gasteiger partial charge in [0.1, 0.15) is 0 Å². The third kappa shape index (κ3) is 4.24. The van der Waals surface area contributed by atoms with Gasteiger partial charge in [0.2, 0.25) is 0 Å². The molecule has 0 spiro atoms. The first-order valence-electron chi connectivity index (χ1n) is 7.91. The minimum absolute atomic E-state index is 0.367. The summed E-state index contributed by atoms with van der Waals surface area (Å²) in [5, 5.41) is 3.66. The molecule has 2 rings (SSSR count). The molecular formula is C18H27NO2. The van der Waals surface area contributed by atoms with E-state index in [4.69, 9.17) is 9.47 Å². The molecule has 1 aromatic carbocycles. The van der Waals surface area contributed by atoms with Crippen LogP contribution < -0.4 is 14.8 Å². The van der Waals surface area contributed by atoms with E-state index in [9.17, 15) is 0 Å². The van der Waals surface area contributed by atoms with Gasteiger partial charge >= 0.3 is 0 Å². The Kier molecular flexibility index (Phi) is 6.12. The van der Waals surface area contributed by atoms with Crippen LogP contribution in [0.1, 0.15) is 50.6 Å². The Morgan fingerprint density at radius 1 is 1.19 bits per heavy atom. The Bertz CT molecular complexity index is 482. The van der Waals surface area contributed by atoms with Crippen molar-refractivity contribution < 1.29 is 9.47 Å². The quantitative estimate of drug-likeness (QED) is 0.726. The lowest BCUT2D eigenvalue weighted by Crippen LogP contribution is -2.22. The molecule has 1 atom stereocenters. The third-order valence-corrected chi connectivity index (χ3v) is 4.19. The first kappa shape index (κ1) is 15.9. The number of benzene rings is 1. The highest BCUT2D eigenvalue weighted by molar-refractivity contribution is 5.43. The predicted octanol–water partition coefficient (Wildman–Crippen LogP) is 4.24. The Balaban J connectivity index is 1.96. The molecule has 0 saturated heterocycles. The Hall–Kier alpha value is -1.48. The third-order valence-electron chi connectivity index (χ3n) is 4.19. The lowest BCUT2D eigenvalue weighted by atomic mass is 10.0. The van der Waals surface area contributed by atoms with Crippen LogP contribution in [0.2, 0.25) is 0 Å². The fraction of sp³-hybridized carbons (Fsp3) is 0.556. The fourth-order valence-corrected chi connectivity index (χ4v) is 2.94. The van der Waals surface area contributed by atoms with E-state index in [0.29, 0.717) is 6.04 Å². The van der Waals surface area contributed by atoms with E-state index >= 15 is 0 Å². The SMILES string of the molecule is CCC(NCCC1=CCCC1)c1ccc(OC)c(OC)c1. The van der Waals surface area contributed by atoms with E-state index in [-0.39, 0.29) is 0 Å². The first-order chi connectivity index (χ1) is 10.3. The number of rotatable bonds is 8. The van der Waals surface area contributed by atoms with Gasteiger partial charge in [-0.3, -0.25) is 0 Å². The number of hydrogen-bond acceptors (Lipinski definition) is 3. The topological polar surface area (TPSA) is 30.5 Å². The lowest BCUT2D eigenvalue weighted by Gasteiger charge is -2.19. The first-order valence-corrected chi connectivity index (χ1v) is 7.91. The van der Waals surface area contributed by atoms with Gasteiger partial charge in [0.15, 0.2) is 11.5 Å². The number of ether oxygens (including phenoxy) is 2. The molecule has 1 unspecified atom stereocenters. The molecule has 1 N–H and O–H groups in total. The van der Waals surface area contributed by atoms with Crippen molar-refractivity contribution in [1.82, 2.24) is 5.32 Å². The van der Waals surface area contributed by atoms with Crippen molar-refractivity contribution in [2.75, 3.05) is 20.8 Å². The van der Waals surface area contributed by atoms with E-state index in [1.807, 2.05) is 6.07 Å². The van der Waals surface area contributed by atoms with E-state index in [0.717, 1.165) is 24.5 Å². The zero-order valence-electron chi connectivity index (χ0n) is 13.4. The van der Waals surface area contributed by atoms with Crippen LogP contribution >= 0.6 is 0 Å². The molecule has 0 saturated carbocycles. The van der Waals surface area contributed by atoms with Crippen molar-refractivity contribution in [1.29, 1.82) is 0 Å². The number of allylic oxidation sites excluding steroid dienone is 1. The molecule has 116 valence electrons. The molecule has 1 aromatic rings. The van der Waals surface area contributed by atoms with Gasteiger partial charge in [-0.25, -0.2) is 0 Å². The predicted molar refractivity (Wildman–Crippen MR) is 87.1 cm³/mol. The average Bonchev–Trinajstić information content (AvgIpc) is 3.04. The van der Waals surface area contributed by atoms with Crippen LogP contribution in [0.15, 0.2) is 29.8 Å². The lowest BCUT2D eigenvalue weighted by molar-refractivity contribution is 0.353. The molecule has 3 nitrogen and oxygen atoms in total. The van der Waals surface area contributed by atoms with Crippen molar-refractivity contribution >= 4 is 0 Å². The molecule has 0 aliphatic heterocycles. The molecule has 0 aromatic heterocycles. The summed E-state index contributed by atoms with van der Waals surface area (Å²) in [7, 11) is 3.35. The van der Waals surface area contributed by atoms with Crippen LogP contribution in [0.3, 0.4) is 0 Å². The van der Waals surface area contributed by atoms with E-state index in [1.165, 1.54) is 31.2 Å². The summed E-state index contributed by atoms with van der Waals surface area (Å²) >= 11 is 0. The molecule has 3 heteroatoms. The maximum absolute atomic E-state index is 5.40. The maximum Gasteiger partial charge on any atom is 0.161 e. The largest absolute Gasteiger partial charge is 0.493 e. The van der Waals surface area contributed by atoms with Gasteiger partial charge in [-0.1, -0.05) is 24.6 Å². The van der Waals surface area contributed by atoms with Gasteiger partial charge in [-0.15, -0.1) is 0 Å². The normalized spacial score (nSPS) is 15.7. The number of methoxy groups -OCH3 is 2. The van der Waals surface area contributed by atoms with Crippen molar-refractivity contribution in [2.24, 2.45) is 0 Å². The smallest absolute Gasteiger partial charge is 0.161 e. The van der Waals surface area contributed by atoms with E-state index in [1.54, 1.807) is 19.8 Å². The van der Waals surface area contributed by atoms with Crippen LogP contribution in [0.5, 0.6) is 11.5 Å². The summed E-state index contributed by atoms with van der Waals surface area (Å²) < 4.78 is 10.7. The second-order valence-corrected chi connectivity index (χ2v) is 5.53. The van der Waals surface area contributed by atoms with Crippen molar-refractivity contribution in [3.05, 3.63) is 35.4 Å². The van der Waals surface area contributed by atoms with Gasteiger partial charge in [0, 0.05) is 6.04 Å². The molecule has 21 heavy (non-hydrogen) atoms. The zero-order valence-corrected chi connectivity index (χ0v) is 13.4. The Labute approximate surface area is 128 Å². The minimum atomic E-state index is 0.367. The molecule has 0 bridgehead atoms. The molecule has 1 aliphatic carbocycles.